The van der Waals surface area contributed by atoms with Crippen molar-refractivity contribution in [1.82, 2.24) is 4.98 Å². The lowest BCUT2D eigenvalue weighted by Gasteiger charge is -2.01. The molecule has 0 fully saturated rings. The minimum absolute atomic E-state index is 0.103. The van der Waals surface area contributed by atoms with Crippen LogP contribution in [0.3, 0.4) is 0 Å². The van der Waals surface area contributed by atoms with Gasteiger partial charge in [0.05, 0.1) is 11.3 Å². The number of para-hydroxylation sites is 2. The number of phenols is 1. The van der Waals surface area contributed by atoms with Crippen molar-refractivity contribution in [3.63, 3.8) is 0 Å². The summed E-state index contributed by atoms with van der Waals surface area (Å²) in [5.41, 5.74) is 3.72. The molecule has 1 N–H and O–H groups in total. The van der Waals surface area contributed by atoms with Crippen molar-refractivity contribution in [2.24, 2.45) is 4.99 Å². The molecule has 0 bridgehead atoms. The number of hydrogen-bond donors (Lipinski definition) is 1. The van der Waals surface area contributed by atoms with Gasteiger partial charge in [-0.25, -0.2) is 4.98 Å². The van der Waals surface area contributed by atoms with Gasteiger partial charge in [0.25, 0.3) is 0 Å². The lowest BCUT2D eigenvalue weighted by Crippen LogP contribution is -1.79. The van der Waals surface area contributed by atoms with Crippen molar-refractivity contribution in [2.75, 3.05) is 0 Å². The second-order valence-electron chi connectivity index (χ2n) is 5.88. The highest BCUT2D eigenvalue weighted by Crippen LogP contribution is 2.33. The van der Waals surface area contributed by atoms with Crippen molar-refractivity contribution < 1.29 is 9.52 Å². The van der Waals surface area contributed by atoms with Gasteiger partial charge in [0, 0.05) is 10.7 Å². The van der Waals surface area contributed by atoms with Gasteiger partial charge in [0.15, 0.2) is 5.58 Å². The Morgan fingerprint density at radius 3 is 2.63 bits per heavy atom. The number of oxazole rings is 1. The Labute approximate surface area is 164 Å². The zero-order chi connectivity index (χ0) is 18.6. The summed E-state index contributed by atoms with van der Waals surface area (Å²) in [6.45, 7) is 0. The van der Waals surface area contributed by atoms with Crippen LogP contribution in [0, 0.1) is 0 Å². The molecule has 0 spiro atoms. The summed E-state index contributed by atoms with van der Waals surface area (Å²) < 4.78 is 6.79. The molecule has 132 valence electrons. The van der Waals surface area contributed by atoms with Gasteiger partial charge < -0.3 is 9.52 Å². The molecule has 4 rings (SSSR count). The highest BCUT2D eigenvalue weighted by molar-refractivity contribution is 9.10. The maximum Gasteiger partial charge on any atom is 0.231 e. The number of phenolic OH excluding ortho intramolecular Hbond substituents is 1. The van der Waals surface area contributed by atoms with E-state index in [0.717, 1.165) is 15.6 Å². The van der Waals surface area contributed by atoms with Crippen molar-refractivity contribution in [1.29, 1.82) is 0 Å². The molecule has 0 amide bonds. The molecule has 0 aliphatic heterocycles. The van der Waals surface area contributed by atoms with E-state index in [1.807, 2.05) is 60.7 Å². The lowest BCUT2D eigenvalue weighted by molar-refractivity contribution is 0.474. The molecule has 0 aliphatic carbocycles. The molecule has 4 nitrogen and oxygen atoms in total. The van der Waals surface area contributed by atoms with E-state index in [2.05, 4.69) is 25.9 Å². The Balaban J connectivity index is 1.57. The van der Waals surface area contributed by atoms with E-state index in [1.54, 1.807) is 24.4 Å². The molecule has 1 heterocycles. The largest absolute Gasteiger partial charge is 0.507 e. The highest BCUT2D eigenvalue weighted by atomic mass is 79.9. The van der Waals surface area contributed by atoms with E-state index in [0.29, 0.717) is 22.7 Å². The third-order valence-electron chi connectivity index (χ3n) is 3.97. The number of hydrogen-bond acceptors (Lipinski definition) is 4. The summed E-state index contributed by atoms with van der Waals surface area (Å²) in [5, 5.41) is 10.2. The molecular weight excluding hydrogens is 404 g/mol. The minimum atomic E-state index is 0.103. The topological polar surface area (TPSA) is 58.6 Å². The van der Waals surface area contributed by atoms with Crippen LogP contribution in [0.1, 0.15) is 5.56 Å². The van der Waals surface area contributed by atoms with Gasteiger partial charge in [0.1, 0.15) is 11.3 Å². The standard InChI is InChI=1S/C22H15BrN2O2/c23-16-9-7-15(8-10-16)4-3-13-24-17-11-12-20(26)18(14-17)22-25-19-5-1-2-6-21(19)27-22/h1-14,26H. The van der Waals surface area contributed by atoms with Gasteiger partial charge in [-0.05, 0) is 54.1 Å². The number of aromatic hydroxyl groups is 1. The number of halogens is 1. The summed E-state index contributed by atoms with van der Waals surface area (Å²) in [6, 6.07) is 20.6. The fourth-order valence-corrected chi connectivity index (χ4v) is 2.88. The zero-order valence-electron chi connectivity index (χ0n) is 14.2. The maximum absolute atomic E-state index is 10.2. The quantitative estimate of drug-likeness (QED) is 0.391. The average molecular weight is 419 g/mol. The van der Waals surface area contributed by atoms with Crippen LogP contribution in [0.25, 0.3) is 28.6 Å². The van der Waals surface area contributed by atoms with Crippen LogP contribution in [0.5, 0.6) is 5.75 Å². The number of fused-ring (bicyclic) bond motifs is 1. The van der Waals surface area contributed by atoms with Crippen molar-refractivity contribution in [3.05, 3.63) is 82.8 Å². The molecular formula is C22H15BrN2O2. The Hall–Kier alpha value is -3.18. The van der Waals surface area contributed by atoms with Crippen molar-refractivity contribution in [3.8, 4) is 17.2 Å². The normalized spacial score (nSPS) is 11.7. The van der Waals surface area contributed by atoms with Crippen LogP contribution in [0.4, 0.5) is 5.69 Å². The van der Waals surface area contributed by atoms with E-state index in [9.17, 15) is 5.11 Å². The first-order valence-corrected chi connectivity index (χ1v) is 9.13. The smallest absolute Gasteiger partial charge is 0.231 e. The van der Waals surface area contributed by atoms with Crippen LogP contribution in [0.2, 0.25) is 0 Å². The monoisotopic (exact) mass is 418 g/mol. The first-order valence-electron chi connectivity index (χ1n) is 8.34. The highest BCUT2D eigenvalue weighted by Gasteiger charge is 2.12. The fourth-order valence-electron chi connectivity index (χ4n) is 2.62. The van der Waals surface area contributed by atoms with Crippen LogP contribution in [-0.4, -0.2) is 16.3 Å². The second kappa shape index (κ2) is 7.60. The summed E-state index contributed by atoms with van der Waals surface area (Å²) in [5.74, 6) is 0.474. The van der Waals surface area contributed by atoms with Gasteiger partial charge >= 0.3 is 0 Å². The summed E-state index contributed by atoms with van der Waals surface area (Å²) >= 11 is 3.42. The first-order chi connectivity index (χ1) is 13.2. The van der Waals surface area contributed by atoms with Crippen LogP contribution in [0.15, 0.2) is 86.7 Å². The number of rotatable bonds is 4. The van der Waals surface area contributed by atoms with E-state index in [1.165, 1.54) is 0 Å². The predicted molar refractivity (Wildman–Crippen MR) is 112 cm³/mol. The fraction of sp³-hybridized carbons (Fsp3) is 0. The number of nitrogens with zero attached hydrogens (tertiary/aromatic N) is 2. The van der Waals surface area contributed by atoms with Crippen molar-refractivity contribution >= 4 is 45.0 Å². The van der Waals surface area contributed by atoms with E-state index < -0.39 is 0 Å². The predicted octanol–water partition coefficient (Wildman–Crippen LogP) is 6.38. The summed E-state index contributed by atoms with van der Waals surface area (Å²) in [4.78, 5) is 8.85. The Morgan fingerprint density at radius 2 is 1.81 bits per heavy atom. The molecule has 0 saturated heterocycles. The molecule has 27 heavy (non-hydrogen) atoms. The Morgan fingerprint density at radius 1 is 1.00 bits per heavy atom. The molecule has 3 aromatic carbocycles. The Bertz CT molecular complexity index is 1110. The van der Waals surface area contributed by atoms with Gasteiger partial charge in [-0.1, -0.05) is 46.3 Å². The molecule has 0 atom stereocenters. The zero-order valence-corrected chi connectivity index (χ0v) is 15.8. The van der Waals surface area contributed by atoms with Gasteiger partial charge in [0.2, 0.25) is 5.89 Å². The molecule has 5 heteroatoms. The Kier molecular flexibility index (Phi) is 4.85. The number of aliphatic imine (C=N–C) groups is 1. The van der Waals surface area contributed by atoms with Crippen LogP contribution < -0.4 is 0 Å². The second-order valence-corrected chi connectivity index (χ2v) is 6.79. The molecule has 0 radical (unpaired) electrons. The third kappa shape index (κ3) is 3.99. The molecule has 1 aromatic heterocycles. The SMILES string of the molecule is Oc1ccc(N=CC=Cc2ccc(Br)cc2)cc1-c1nc2ccccc2o1. The van der Waals surface area contributed by atoms with E-state index in [4.69, 9.17) is 4.42 Å². The van der Waals surface area contributed by atoms with Gasteiger partial charge in [-0.15, -0.1) is 0 Å². The molecule has 0 saturated carbocycles. The van der Waals surface area contributed by atoms with Crippen molar-refractivity contribution in [2.45, 2.75) is 0 Å². The average Bonchev–Trinajstić information content (AvgIpc) is 3.12. The molecule has 0 aliphatic rings. The number of aromatic nitrogens is 1. The first kappa shape index (κ1) is 17.2. The van der Waals surface area contributed by atoms with E-state index in [-0.39, 0.29) is 5.75 Å². The lowest BCUT2D eigenvalue weighted by atomic mass is 10.2. The molecule has 4 aromatic rings. The van der Waals surface area contributed by atoms with E-state index >= 15 is 0 Å². The summed E-state index contributed by atoms with van der Waals surface area (Å²) in [7, 11) is 0. The van der Waals surface area contributed by atoms with Crippen LogP contribution in [-0.2, 0) is 0 Å². The third-order valence-corrected chi connectivity index (χ3v) is 4.50. The minimum Gasteiger partial charge on any atom is -0.507 e. The number of allylic oxidation sites excluding steroid dienone is 1. The van der Waals surface area contributed by atoms with Gasteiger partial charge in [-0.2, -0.15) is 0 Å². The van der Waals surface area contributed by atoms with Crippen LogP contribution >= 0.6 is 15.9 Å². The maximum atomic E-state index is 10.2. The molecule has 0 unspecified atom stereocenters. The summed E-state index contributed by atoms with van der Waals surface area (Å²) in [6.07, 6.45) is 5.55. The van der Waals surface area contributed by atoms with Gasteiger partial charge in [-0.3, -0.25) is 4.99 Å². The number of benzene rings is 3.